The van der Waals surface area contributed by atoms with Crippen LogP contribution in [0.15, 0.2) is 83.8 Å². The molecule has 0 saturated carbocycles. The third-order valence-electron chi connectivity index (χ3n) is 3.74. The van der Waals surface area contributed by atoms with Crippen LogP contribution in [0.25, 0.3) is 11.1 Å². The molecule has 1 unspecified atom stereocenters. The van der Waals surface area contributed by atoms with Gasteiger partial charge in [-0.15, -0.1) is 0 Å². The molecule has 0 fully saturated rings. The number of nitrogens with one attached hydrogen (secondary N) is 1. The molecule has 0 radical (unpaired) electrons. The molecule has 0 bridgehead atoms. The predicted molar refractivity (Wildman–Crippen MR) is 90.5 cm³/mol. The maximum atomic E-state index is 3.57. The van der Waals surface area contributed by atoms with E-state index >= 15 is 0 Å². The molecule has 0 spiro atoms. The molecule has 4 rings (SSSR count). The van der Waals surface area contributed by atoms with E-state index in [4.69, 9.17) is 0 Å². The molecule has 0 aromatic heterocycles. The highest BCUT2D eigenvalue weighted by Crippen LogP contribution is 2.46. The third-order valence-corrected chi connectivity index (χ3v) is 4.97. The first-order valence-electron chi connectivity index (χ1n) is 7.08. The molecule has 3 aromatic rings. The minimum Gasteiger partial charge on any atom is -0.368 e. The van der Waals surface area contributed by atoms with Crippen LogP contribution in [0.4, 0.5) is 5.69 Å². The van der Waals surface area contributed by atoms with E-state index in [-0.39, 0.29) is 0 Å². The van der Waals surface area contributed by atoms with Crippen LogP contribution >= 0.6 is 11.8 Å². The van der Waals surface area contributed by atoms with Gasteiger partial charge in [-0.1, -0.05) is 78.5 Å². The Labute approximate surface area is 129 Å². The molecule has 1 aliphatic heterocycles. The second kappa shape index (κ2) is 5.30. The molecule has 0 saturated heterocycles. The highest BCUT2D eigenvalue weighted by Gasteiger charge is 2.21. The maximum absolute atomic E-state index is 3.57. The van der Waals surface area contributed by atoms with E-state index in [2.05, 4.69) is 78.1 Å². The zero-order chi connectivity index (χ0) is 14.1. The molecule has 21 heavy (non-hydrogen) atoms. The van der Waals surface area contributed by atoms with Crippen molar-refractivity contribution in [1.82, 2.24) is 0 Å². The number of para-hydroxylation sites is 1. The van der Waals surface area contributed by atoms with Crippen LogP contribution in [0.2, 0.25) is 0 Å². The fraction of sp³-hybridized carbons (Fsp3) is 0.0526. The monoisotopic (exact) mass is 289 g/mol. The Morgan fingerprint density at radius 3 is 2.10 bits per heavy atom. The van der Waals surface area contributed by atoms with Crippen molar-refractivity contribution in [2.75, 3.05) is 5.32 Å². The van der Waals surface area contributed by atoms with Crippen molar-refractivity contribution in [3.63, 3.8) is 0 Å². The Kier molecular flexibility index (Phi) is 3.17. The molecule has 0 aliphatic carbocycles. The third kappa shape index (κ3) is 2.43. The second-order valence-electron chi connectivity index (χ2n) is 5.13. The summed E-state index contributed by atoms with van der Waals surface area (Å²) in [5.74, 6) is 0. The van der Waals surface area contributed by atoms with Crippen LogP contribution in [0, 0.1) is 0 Å². The Hall–Kier alpha value is -2.19. The summed E-state index contributed by atoms with van der Waals surface area (Å²) >= 11 is 1.88. The van der Waals surface area contributed by atoms with Gasteiger partial charge in [0.2, 0.25) is 0 Å². The zero-order valence-corrected chi connectivity index (χ0v) is 12.3. The minimum atomic E-state index is 0.312. The van der Waals surface area contributed by atoms with Crippen LogP contribution in [0.3, 0.4) is 0 Å². The van der Waals surface area contributed by atoms with Crippen LogP contribution in [0.5, 0.6) is 0 Å². The van der Waals surface area contributed by atoms with E-state index in [0.29, 0.717) is 5.37 Å². The van der Waals surface area contributed by atoms with Crippen LogP contribution in [0.1, 0.15) is 10.9 Å². The first-order valence-corrected chi connectivity index (χ1v) is 7.96. The highest BCUT2D eigenvalue weighted by atomic mass is 32.2. The van der Waals surface area contributed by atoms with Gasteiger partial charge in [0.05, 0.1) is 0 Å². The number of thioether (sulfide) groups is 1. The van der Waals surface area contributed by atoms with Crippen molar-refractivity contribution >= 4 is 17.4 Å². The molecule has 1 nitrogen and oxygen atoms in total. The van der Waals surface area contributed by atoms with Gasteiger partial charge in [-0.3, -0.25) is 0 Å². The van der Waals surface area contributed by atoms with Gasteiger partial charge in [-0.25, -0.2) is 0 Å². The highest BCUT2D eigenvalue weighted by molar-refractivity contribution is 8.00. The van der Waals surface area contributed by atoms with Gasteiger partial charge in [-0.05, 0) is 28.8 Å². The SMILES string of the molecule is c1ccc(-c2ccc(C3Nc4ccccc4S3)cc2)cc1. The van der Waals surface area contributed by atoms with Gasteiger partial charge in [0.25, 0.3) is 0 Å². The lowest BCUT2D eigenvalue weighted by molar-refractivity contribution is 1.13. The quantitative estimate of drug-likeness (QED) is 0.662. The topological polar surface area (TPSA) is 12.0 Å². The van der Waals surface area contributed by atoms with E-state index in [0.717, 1.165) is 0 Å². The van der Waals surface area contributed by atoms with Gasteiger partial charge < -0.3 is 5.32 Å². The summed E-state index contributed by atoms with van der Waals surface area (Å²) in [7, 11) is 0. The molecule has 1 heterocycles. The summed E-state index contributed by atoms with van der Waals surface area (Å²) < 4.78 is 0. The first-order chi connectivity index (χ1) is 10.4. The molecule has 3 aromatic carbocycles. The van der Waals surface area contributed by atoms with Gasteiger partial charge in [0, 0.05) is 10.6 Å². The minimum absolute atomic E-state index is 0.312. The smallest absolute Gasteiger partial charge is 0.103 e. The first kappa shape index (κ1) is 12.5. The van der Waals surface area contributed by atoms with Crippen LogP contribution < -0.4 is 5.32 Å². The zero-order valence-electron chi connectivity index (χ0n) is 11.5. The van der Waals surface area contributed by atoms with Crippen LogP contribution in [-0.4, -0.2) is 0 Å². The summed E-state index contributed by atoms with van der Waals surface area (Å²) in [5.41, 5.74) is 5.08. The van der Waals surface area contributed by atoms with Crippen molar-refractivity contribution in [3.05, 3.63) is 84.4 Å². The number of fused-ring (bicyclic) bond motifs is 1. The normalized spacial score (nSPS) is 16.3. The standard InChI is InChI=1S/C19H15NS/c1-2-6-14(7-3-1)15-10-12-16(13-11-15)19-20-17-8-4-5-9-18(17)21-19/h1-13,19-20H. The van der Waals surface area contributed by atoms with Crippen molar-refractivity contribution in [3.8, 4) is 11.1 Å². The fourth-order valence-corrected chi connectivity index (χ4v) is 3.76. The molecular weight excluding hydrogens is 274 g/mol. The largest absolute Gasteiger partial charge is 0.368 e. The summed E-state index contributed by atoms with van der Waals surface area (Å²) in [5, 5.41) is 3.89. The number of anilines is 1. The molecule has 1 atom stereocenters. The number of benzene rings is 3. The predicted octanol–water partition coefficient (Wildman–Crippen LogP) is 5.57. The van der Waals surface area contributed by atoms with Crippen LogP contribution in [-0.2, 0) is 0 Å². The molecule has 1 N–H and O–H groups in total. The van der Waals surface area contributed by atoms with Gasteiger partial charge >= 0.3 is 0 Å². The van der Waals surface area contributed by atoms with Gasteiger partial charge in [0.15, 0.2) is 0 Å². The molecule has 2 heteroatoms. The fourth-order valence-electron chi connectivity index (χ4n) is 2.62. The summed E-state index contributed by atoms with van der Waals surface area (Å²) in [6.45, 7) is 0. The average molecular weight is 289 g/mol. The van der Waals surface area contributed by atoms with Gasteiger partial charge in [0.1, 0.15) is 5.37 Å². The number of rotatable bonds is 2. The van der Waals surface area contributed by atoms with Gasteiger partial charge in [-0.2, -0.15) is 0 Å². The van der Waals surface area contributed by atoms with E-state index in [9.17, 15) is 0 Å². The van der Waals surface area contributed by atoms with E-state index in [1.807, 2.05) is 17.8 Å². The van der Waals surface area contributed by atoms with E-state index < -0.39 is 0 Å². The number of hydrogen-bond donors (Lipinski definition) is 1. The molecule has 102 valence electrons. The summed E-state index contributed by atoms with van der Waals surface area (Å²) in [6.07, 6.45) is 0. The Balaban J connectivity index is 1.58. The Morgan fingerprint density at radius 1 is 0.667 bits per heavy atom. The second-order valence-corrected chi connectivity index (χ2v) is 6.27. The lowest BCUT2D eigenvalue weighted by Crippen LogP contribution is -2.00. The maximum Gasteiger partial charge on any atom is 0.103 e. The Morgan fingerprint density at radius 2 is 1.33 bits per heavy atom. The average Bonchev–Trinajstić information content (AvgIpc) is 3.00. The van der Waals surface area contributed by atoms with E-state index in [1.54, 1.807) is 0 Å². The summed E-state index contributed by atoms with van der Waals surface area (Å²) in [6, 6.07) is 27.8. The summed E-state index contributed by atoms with van der Waals surface area (Å²) in [4.78, 5) is 1.33. The van der Waals surface area contributed by atoms with Crippen molar-refractivity contribution < 1.29 is 0 Å². The molecular formula is C19H15NS. The molecule has 1 aliphatic rings. The van der Waals surface area contributed by atoms with E-state index in [1.165, 1.54) is 27.3 Å². The van der Waals surface area contributed by atoms with Crippen molar-refractivity contribution in [2.45, 2.75) is 10.3 Å². The number of hydrogen-bond acceptors (Lipinski definition) is 2. The lowest BCUT2D eigenvalue weighted by Gasteiger charge is -2.11. The molecule has 0 amide bonds. The van der Waals surface area contributed by atoms with Crippen molar-refractivity contribution in [1.29, 1.82) is 0 Å². The van der Waals surface area contributed by atoms with Crippen molar-refractivity contribution in [2.24, 2.45) is 0 Å². The lowest BCUT2D eigenvalue weighted by atomic mass is 10.0. The Bertz CT molecular complexity index is 725.